The Bertz CT molecular complexity index is 498. The van der Waals surface area contributed by atoms with E-state index in [1.165, 1.54) is 4.90 Å². The standard InChI is InChI=1S/C19H31NO3/c1-8-9-12-10-15(21)20(17(22)23-19(5,6)7)14-11-13(16(12)14)18(2,3)4/h8,12-14,16H,1,9-11H2,2-7H3/t12-,13+,14+,16-/m1/s1. The predicted molar refractivity (Wildman–Crippen MR) is 90.8 cm³/mol. The lowest BCUT2D eigenvalue weighted by Gasteiger charge is -2.59. The topological polar surface area (TPSA) is 46.6 Å². The Morgan fingerprint density at radius 2 is 1.91 bits per heavy atom. The van der Waals surface area contributed by atoms with Gasteiger partial charge in [-0.25, -0.2) is 9.69 Å². The number of allylic oxidation sites excluding steroid dienone is 1. The van der Waals surface area contributed by atoms with Gasteiger partial charge >= 0.3 is 6.09 Å². The summed E-state index contributed by atoms with van der Waals surface area (Å²) in [4.78, 5) is 26.4. The van der Waals surface area contributed by atoms with Crippen LogP contribution in [0.25, 0.3) is 0 Å². The second-order valence-electron chi connectivity index (χ2n) is 9.09. The molecule has 2 rings (SSSR count). The molecule has 1 saturated carbocycles. The number of imide groups is 1. The zero-order chi connectivity index (χ0) is 17.6. The van der Waals surface area contributed by atoms with Gasteiger partial charge in [0.05, 0.1) is 0 Å². The lowest BCUT2D eigenvalue weighted by atomic mass is 9.52. The SMILES string of the molecule is C=CC[C@@H]1CC(=O)N(C(=O)OC(C)(C)C)[C@H]2C[C@H](C(C)(C)C)[C@@H]12. The summed E-state index contributed by atoms with van der Waals surface area (Å²) in [5.74, 6) is 1.08. The van der Waals surface area contributed by atoms with Crippen LogP contribution in [0.4, 0.5) is 4.79 Å². The van der Waals surface area contributed by atoms with Gasteiger partial charge in [0.1, 0.15) is 5.60 Å². The van der Waals surface area contributed by atoms with Crippen LogP contribution in [0, 0.1) is 23.2 Å². The van der Waals surface area contributed by atoms with Gasteiger partial charge in [-0.05, 0) is 56.8 Å². The summed E-state index contributed by atoms with van der Waals surface area (Å²) in [5, 5.41) is 0. The van der Waals surface area contributed by atoms with Gasteiger partial charge in [-0.2, -0.15) is 0 Å². The molecule has 2 amide bonds. The number of fused-ring (bicyclic) bond motifs is 1. The van der Waals surface area contributed by atoms with E-state index in [-0.39, 0.29) is 17.4 Å². The molecular weight excluding hydrogens is 290 g/mol. The van der Waals surface area contributed by atoms with Crippen molar-refractivity contribution in [2.45, 2.75) is 72.4 Å². The molecule has 0 aromatic carbocycles. The molecule has 0 N–H and O–H groups in total. The summed E-state index contributed by atoms with van der Waals surface area (Å²) in [5.41, 5.74) is -0.404. The minimum atomic E-state index is -0.585. The van der Waals surface area contributed by atoms with E-state index in [2.05, 4.69) is 27.4 Å². The fourth-order valence-corrected chi connectivity index (χ4v) is 4.14. The molecule has 0 aromatic heterocycles. The number of carbonyl (C=O) groups excluding carboxylic acids is 2. The van der Waals surface area contributed by atoms with E-state index >= 15 is 0 Å². The zero-order valence-corrected chi connectivity index (χ0v) is 15.4. The molecule has 1 saturated heterocycles. The van der Waals surface area contributed by atoms with Crippen molar-refractivity contribution in [3.63, 3.8) is 0 Å². The van der Waals surface area contributed by atoms with Gasteiger partial charge in [0, 0.05) is 12.5 Å². The van der Waals surface area contributed by atoms with Crippen LogP contribution in [-0.4, -0.2) is 28.5 Å². The smallest absolute Gasteiger partial charge is 0.417 e. The third-order valence-corrected chi connectivity index (χ3v) is 5.16. The largest absolute Gasteiger partial charge is 0.443 e. The van der Waals surface area contributed by atoms with E-state index in [1.54, 1.807) is 0 Å². The lowest BCUT2D eigenvalue weighted by molar-refractivity contribution is -0.158. The van der Waals surface area contributed by atoms with Crippen LogP contribution in [0.1, 0.15) is 60.8 Å². The quantitative estimate of drug-likeness (QED) is 0.708. The van der Waals surface area contributed by atoms with Gasteiger partial charge in [0.15, 0.2) is 0 Å². The van der Waals surface area contributed by atoms with Crippen LogP contribution < -0.4 is 0 Å². The van der Waals surface area contributed by atoms with E-state index < -0.39 is 11.7 Å². The molecule has 0 bridgehead atoms. The van der Waals surface area contributed by atoms with E-state index in [9.17, 15) is 9.59 Å². The number of ether oxygens (including phenoxy) is 1. The van der Waals surface area contributed by atoms with Crippen LogP contribution in [0.5, 0.6) is 0 Å². The molecule has 4 atom stereocenters. The predicted octanol–water partition coefficient (Wildman–Crippen LogP) is 4.40. The Kier molecular flexibility index (Phi) is 4.67. The Morgan fingerprint density at radius 1 is 1.30 bits per heavy atom. The monoisotopic (exact) mass is 321 g/mol. The number of hydrogen-bond acceptors (Lipinski definition) is 3. The highest BCUT2D eigenvalue weighted by Crippen LogP contribution is 2.55. The van der Waals surface area contributed by atoms with Crippen LogP contribution in [0.15, 0.2) is 12.7 Å². The highest BCUT2D eigenvalue weighted by atomic mass is 16.6. The summed E-state index contributed by atoms with van der Waals surface area (Å²) in [7, 11) is 0. The molecule has 23 heavy (non-hydrogen) atoms. The molecule has 1 aliphatic heterocycles. The molecule has 4 heteroatoms. The molecule has 0 aromatic rings. The summed E-state index contributed by atoms with van der Waals surface area (Å²) in [6.07, 6.45) is 3.55. The van der Waals surface area contributed by atoms with Crippen molar-refractivity contribution in [3.05, 3.63) is 12.7 Å². The Morgan fingerprint density at radius 3 is 2.39 bits per heavy atom. The average molecular weight is 321 g/mol. The fraction of sp³-hybridized carbons (Fsp3) is 0.789. The van der Waals surface area contributed by atoms with E-state index in [1.807, 2.05) is 26.8 Å². The third kappa shape index (κ3) is 3.61. The van der Waals surface area contributed by atoms with Gasteiger partial charge in [-0.3, -0.25) is 4.79 Å². The maximum Gasteiger partial charge on any atom is 0.417 e. The highest BCUT2D eigenvalue weighted by molar-refractivity contribution is 5.93. The van der Waals surface area contributed by atoms with Crippen LogP contribution in [-0.2, 0) is 9.53 Å². The molecule has 2 fully saturated rings. The molecule has 0 radical (unpaired) electrons. The Labute approximate surface area is 140 Å². The fourth-order valence-electron chi connectivity index (χ4n) is 4.14. The first-order valence-electron chi connectivity index (χ1n) is 8.61. The molecular formula is C19H31NO3. The van der Waals surface area contributed by atoms with E-state index in [0.29, 0.717) is 24.2 Å². The number of likely N-dealkylation sites (tertiary alicyclic amines) is 1. The Balaban J connectivity index is 2.23. The maximum atomic E-state index is 12.5. The zero-order valence-electron chi connectivity index (χ0n) is 15.4. The first kappa shape index (κ1) is 18.0. The normalized spacial score (nSPS) is 31.2. The number of nitrogens with zero attached hydrogens (tertiary/aromatic N) is 1. The summed E-state index contributed by atoms with van der Waals surface area (Å²) >= 11 is 0. The van der Waals surface area contributed by atoms with Crippen molar-refractivity contribution in [3.8, 4) is 0 Å². The van der Waals surface area contributed by atoms with Gasteiger partial charge in [0.2, 0.25) is 5.91 Å². The number of amides is 2. The van der Waals surface area contributed by atoms with Gasteiger partial charge in [-0.15, -0.1) is 6.58 Å². The van der Waals surface area contributed by atoms with Crippen LogP contribution in [0.2, 0.25) is 0 Å². The molecule has 1 aliphatic carbocycles. The minimum absolute atomic E-state index is 0.0136. The van der Waals surface area contributed by atoms with Crippen molar-refractivity contribution in [1.82, 2.24) is 4.90 Å². The molecule has 4 nitrogen and oxygen atoms in total. The third-order valence-electron chi connectivity index (χ3n) is 5.16. The highest BCUT2D eigenvalue weighted by Gasteiger charge is 2.57. The maximum absolute atomic E-state index is 12.5. The van der Waals surface area contributed by atoms with Gasteiger partial charge in [0.25, 0.3) is 0 Å². The lowest BCUT2D eigenvalue weighted by Crippen LogP contribution is -2.65. The van der Waals surface area contributed by atoms with Crippen molar-refractivity contribution >= 4 is 12.0 Å². The molecule has 1 heterocycles. The second-order valence-corrected chi connectivity index (χ2v) is 9.09. The second kappa shape index (κ2) is 5.95. The molecule has 0 unspecified atom stereocenters. The van der Waals surface area contributed by atoms with Gasteiger partial charge in [-0.1, -0.05) is 26.8 Å². The number of hydrogen-bond donors (Lipinski definition) is 0. The van der Waals surface area contributed by atoms with Crippen molar-refractivity contribution < 1.29 is 14.3 Å². The summed E-state index contributed by atoms with van der Waals surface area (Å²) < 4.78 is 5.46. The first-order valence-corrected chi connectivity index (χ1v) is 8.61. The van der Waals surface area contributed by atoms with E-state index in [0.717, 1.165) is 12.8 Å². The molecule has 130 valence electrons. The van der Waals surface area contributed by atoms with E-state index in [4.69, 9.17) is 4.74 Å². The number of piperidine rings is 1. The van der Waals surface area contributed by atoms with Crippen LogP contribution in [0.3, 0.4) is 0 Å². The average Bonchev–Trinajstić information content (AvgIpc) is 2.28. The van der Waals surface area contributed by atoms with Crippen molar-refractivity contribution in [1.29, 1.82) is 0 Å². The van der Waals surface area contributed by atoms with Crippen molar-refractivity contribution in [2.75, 3.05) is 0 Å². The Hall–Kier alpha value is -1.32. The molecule has 0 spiro atoms. The minimum Gasteiger partial charge on any atom is -0.443 e. The number of carbonyl (C=O) groups is 2. The van der Waals surface area contributed by atoms with Crippen molar-refractivity contribution in [2.24, 2.45) is 23.2 Å². The first-order chi connectivity index (χ1) is 10.5. The van der Waals surface area contributed by atoms with Crippen LogP contribution >= 0.6 is 0 Å². The summed E-state index contributed by atoms with van der Waals surface area (Å²) in [6.45, 7) is 16.1. The number of rotatable bonds is 2. The summed E-state index contributed by atoms with van der Waals surface area (Å²) in [6, 6.07) is -0.0136. The van der Waals surface area contributed by atoms with Gasteiger partial charge < -0.3 is 4.74 Å². The molecule has 2 aliphatic rings.